The SMILES string of the molecule is O=C(CCCCO)Nc1ccc([N+](=O)[O-])c(Cl)c1. The van der Waals surface area contributed by atoms with Gasteiger partial charge in [-0.25, -0.2) is 0 Å². The molecule has 0 aliphatic carbocycles. The van der Waals surface area contributed by atoms with Gasteiger partial charge in [-0.1, -0.05) is 11.6 Å². The molecule has 0 aliphatic heterocycles. The lowest BCUT2D eigenvalue weighted by Gasteiger charge is -2.05. The van der Waals surface area contributed by atoms with Gasteiger partial charge in [-0.05, 0) is 25.0 Å². The largest absolute Gasteiger partial charge is 0.396 e. The Labute approximate surface area is 109 Å². The number of carbonyl (C=O) groups excluding carboxylic acids is 1. The molecule has 0 aliphatic rings. The number of nitro benzene ring substituents is 1. The lowest BCUT2D eigenvalue weighted by atomic mass is 10.2. The standard InChI is InChI=1S/C11H13ClN2O4/c12-9-7-8(4-5-10(9)14(17)18)13-11(16)3-1-2-6-15/h4-5,7,15H,1-3,6H2,(H,13,16). The van der Waals surface area contributed by atoms with Gasteiger partial charge >= 0.3 is 0 Å². The number of nitro groups is 1. The molecule has 0 radical (unpaired) electrons. The van der Waals surface area contributed by atoms with Gasteiger partial charge in [0.1, 0.15) is 5.02 Å². The van der Waals surface area contributed by atoms with Crippen molar-refractivity contribution in [3.63, 3.8) is 0 Å². The lowest BCUT2D eigenvalue weighted by molar-refractivity contribution is -0.384. The number of aliphatic hydroxyl groups is 1. The highest BCUT2D eigenvalue weighted by Crippen LogP contribution is 2.27. The summed E-state index contributed by atoms with van der Waals surface area (Å²) in [6.07, 6.45) is 1.44. The quantitative estimate of drug-likeness (QED) is 0.472. The molecule has 1 aromatic carbocycles. The number of amides is 1. The van der Waals surface area contributed by atoms with Gasteiger partial charge in [-0.15, -0.1) is 0 Å². The summed E-state index contributed by atoms with van der Waals surface area (Å²) in [4.78, 5) is 21.4. The molecule has 0 saturated carbocycles. The van der Waals surface area contributed by atoms with E-state index >= 15 is 0 Å². The van der Waals surface area contributed by atoms with Crippen LogP contribution >= 0.6 is 11.6 Å². The van der Waals surface area contributed by atoms with E-state index in [-0.39, 0.29) is 29.6 Å². The van der Waals surface area contributed by atoms with E-state index in [1.165, 1.54) is 18.2 Å². The summed E-state index contributed by atoms with van der Waals surface area (Å²) in [5, 5.41) is 21.7. The van der Waals surface area contributed by atoms with Crippen molar-refractivity contribution in [2.24, 2.45) is 0 Å². The molecule has 1 rings (SSSR count). The van der Waals surface area contributed by atoms with E-state index in [4.69, 9.17) is 16.7 Å². The van der Waals surface area contributed by atoms with Crippen LogP contribution in [0.5, 0.6) is 0 Å². The van der Waals surface area contributed by atoms with Crippen LogP contribution in [0.2, 0.25) is 5.02 Å². The molecule has 0 spiro atoms. The first kappa shape index (κ1) is 14.4. The second-order valence-corrected chi connectivity index (χ2v) is 4.06. The monoisotopic (exact) mass is 272 g/mol. The Morgan fingerprint density at radius 2 is 2.17 bits per heavy atom. The molecule has 2 N–H and O–H groups in total. The summed E-state index contributed by atoms with van der Waals surface area (Å²) < 4.78 is 0. The van der Waals surface area contributed by atoms with Crippen molar-refractivity contribution in [1.29, 1.82) is 0 Å². The molecule has 1 amide bonds. The molecule has 6 nitrogen and oxygen atoms in total. The summed E-state index contributed by atoms with van der Waals surface area (Å²) in [6, 6.07) is 4.00. The van der Waals surface area contributed by atoms with E-state index in [1.54, 1.807) is 0 Å². The number of anilines is 1. The molecule has 0 heterocycles. The third-order valence-corrected chi connectivity index (χ3v) is 2.54. The van der Waals surface area contributed by atoms with Crippen LogP contribution in [0.15, 0.2) is 18.2 Å². The maximum Gasteiger partial charge on any atom is 0.288 e. The number of hydrogen-bond acceptors (Lipinski definition) is 4. The smallest absolute Gasteiger partial charge is 0.288 e. The van der Waals surface area contributed by atoms with Crippen molar-refractivity contribution in [2.75, 3.05) is 11.9 Å². The van der Waals surface area contributed by atoms with Gasteiger partial charge < -0.3 is 10.4 Å². The number of halogens is 1. The minimum absolute atomic E-state index is 0.0202. The minimum atomic E-state index is -0.588. The zero-order valence-corrected chi connectivity index (χ0v) is 10.3. The first-order valence-corrected chi connectivity index (χ1v) is 5.77. The van der Waals surface area contributed by atoms with Crippen LogP contribution in [0.3, 0.4) is 0 Å². The first-order chi connectivity index (χ1) is 8.54. The fourth-order valence-electron chi connectivity index (χ4n) is 1.35. The Balaban J connectivity index is 2.60. The normalized spacial score (nSPS) is 10.1. The van der Waals surface area contributed by atoms with Crippen LogP contribution in [-0.4, -0.2) is 22.5 Å². The molecule has 0 bridgehead atoms. The third-order valence-electron chi connectivity index (χ3n) is 2.24. The zero-order valence-electron chi connectivity index (χ0n) is 9.56. The number of hydrogen-bond donors (Lipinski definition) is 2. The van der Waals surface area contributed by atoms with Crippen molar-refractivity contribution >= 4 is 28.9 Å². The maximum atomic E-state index is 11.4. The van der Waals surface area contributed by atoms with Gasteiger partial charge in [0.05, 0.1) is 4.92 Å². The summed E-state index contributed by atoms with van der Waals surface area (Å²) in [5.41, 5.74) is 0.217. The Morgan fingerprint density at radius 1 is 1.44 bits per heavy atom. The number of rotatable bonds is 6. The van der Waals surface area contributed by atoms with Crippen LogP contribution in [0.25, 0.3) is 0 Å². The van der Waals surface area contributed by atoms with Crippen LogP contribution < -0.4 is 5.32 Å². The first-order valence-electron chi connectivity index (χ1n) is 5.39. The van der Waals surface area contributed by atoms with E-state index in [0.29, 0.717) is 18.5 Å². The van der Waals surface area contributed by atoms with Crippen LogP contribution in [-0.2, 0) is 4.79 Å². The van der Waals surface area contributed by atoms with E-state index in [1.807, 2.05) is 0 Å². The fourth-order valence-corrected chi connectivity index (χ4v) is 1.60. The van der Waals surface area contributed by atoms with Crippen molar-refractivity contribution in [3.05, 3.63) is 33.3 Å². The van der Waals surface area contributed by atoms with Crippen molar-refractivity contribution in [3.8, 4) is 0 Å². The molecule has 98 valence electrons. The highest BCUT2D eigenvalue weighted by Gasteiger charge is 2.12. The Morgan fingerprint density at radius 3 is 2.72 bits per heavy atom. The van der Waals surface area contributed by atoms with E-state index in [9.17, 15) is 14.9 Å². The summed E-state index contributed by atoms with van der Waals surface area (Å²) in [5.74, 6) is -0.214. The van der Waals surface area contributed by atoms with Crippen molar-refractivity contribution in [1.82, 2.24) is 0 Å². The number of nitrogens with zero attached hydrogens (tertiary/aromatic N) is 1. The average molecular weight is 273 g/mol. The van der Waals surface area contributed by atoms with Crippen molar-refractivity contribution in [2.45, 2.75) is 19.3 Å². The molecule has 0 aromatic heterocycles. The van der Waals surface area contributed by atoms with Gasteiger partial charge in [-0.2, -0.15) is 0 Å². The molecule has 7 heteroatoms. The lowest BCUT2D eigenvalue weighted by Crippen LogP contribution is -2.11. The molecule has 18 heavy (non-hydrogen) atoms. The second kappa shape index (κ2) is 6.93. The highest BCUT2D eigenvalue weighted by atomic mass is 35.5. The van der Waals surface area contributed by atoms with Crippen molar-refractivity contribution < 1.29 is 14.8 Å². The maximum absolute atomic E-state index is 11.4. The number of benzene rings is 1. The van der Waals surface area contributed by atoms with E-state index in [0.717, 1.165) is 0 Å². The highest BCUT2D eigenvalue weighted by molar-refractivity contribution is 6.33. The summed E-state index contributed by atoms with van der Waals surface area (Å²) in [6.45, 7) is 0.0522. The zero-order chi connectivity index (χ0) is 13.5. The summed E-state index contributed by atoms with van der Waals surface area (Å²) in [7, 11) is 0. The fraction of sp³-hybridized carbons (Fsp3) is 0.364. The van der Waals surface area contributed by atoms with Gasteiger partial charge in [0, 0.05) is 24.8 Å². The van der Waals surface area contributed by atoms with E-state index in [2.05, 4.69) is 5.32 Å². The van der Waals surface area contributed by atoms with E-state index < -0.39 is 4.92 Å². The third kappa shape index (κ3) is 4.31. The predicted molar refractivity (Wildman–Crippen MR) is 67.7 cm³/mol. The Kier molecular flexibility index (Phi) is 5.54. The van der Waals surface area contributed by atoms with Gasteiger partial charge in [0.2, 0.25) is 5.91 Å². The van der Waals surface area contributed by atoms with Crippen LogP contribution in [0.1, 0.15) is 19.3 Å². The number of carbonyl (C=O) groups is 1. The Bertz CT molecular complexity index is 451. The second-order valence-electron chi connectivity index (χ2n) is 3.65. The van der Waals surface area contributed by atoms with Gasteiger partial charge in [0.25, 0.3) is 5.69 Å². The molecule has 1 aromatic rings. The van der Waals surface area contributed by atoms with Gasteiger partial charge in [-0.3, -0.25) is 14.9 Å². The van der Waals surface area contributed by atoms with Gasteiger partial charge in [0.15, 0.2) is 0 Å². The Hall–Kier alpha value is -1.66. The molecule has 0 unspecified atom stereocenters. The molecular weight excluding hydrogens is 260 g/mol. The average Bonchev–Trinajstić information content (AvgIpc) is 2.28. The topological polar surface area (TPSA) is 92.5 Å². The molecule has 0 fully saturated rings. The number of unbranched alkanes of at least 4 members (excludes halogenated alkanes) is 1. The van der Waals surface area contributed by atoms with Crippen LogP contribution in [0, 0.1) is 10.1 Å². The molecule has 0 saturated heterocycles. The molecular formula is C11H13ClN2O4. The number of nitrogens with one attached hydrogen (secondary N) is 1. The van der Waals surface area contributed by atoms with Crippen LogP contribution in [0.4, 0.5) is 11.4 Å². The number of aliphatic hydroxyl groups excluding tert-OH is 1. The minimum Gasteiger partial charge on any atom is -0.396 e. The molecule has 0 atom stereocenters. The predicted octanol–water partition coefficient (Wildman–Crippen LogP) is 2.35. The summed E-state index contributed by atoms with van der Waals surface area (Å²) >= 11 is 5.71.